The molecule has 23 heavy (non-hydrogen) atoms. The third kappa shape index (κ3) is 1.80. The first-order valence-electron chi connectivity index (χ1n) is 7.54. The fourth-order valence-corrected chi connectivity index (χ4v) is 3.17. The van der Waals surface area contributed by atoms with Gasteiger partial charge in [0.2, 0.25) is 0 Å². The van der Waals surface area contributed by atoms with Crippen molar-refractivity contribution >= 4 is 11.0 Å². The highest BCUT2D eigenvalue weighted by molar-refractivity contribution is 5.83. The molecular weight excluding hydrogens is 288 g/mol. The highest BCUT2D eigenvalue weighted by atomic mass is 16.5. The summed E-state index contributed by atoms with van der Waals surface area (Å²) in [5.74, 6) is 1.96. The second-order valence-corrected chi connectivity index (χ2v) is 5.76. The Bertz CT molecular complexity index is 1090. The van der Waals surface area contributed by atoms with Crippen LogP contribution in [0.3, 0.4) is 0 Å². The van der Waals surface area contributed by atoms with Crippen LogP contribution in [0.15, 0.2) is 69.9 Å². The minimum atomic E-state index is -0.0125. The molecular formula is C20H12O3. The summed E-state index contributed by atoms with van der Waals surface area (Å²) < 4.78 is 11.8. The Labute approximate surface area is 132 Å². The van der Waals surface area contributed by atoms with Crippen molar-refractivity contribution in [1.29, 1.82) is 0 Å². The normalized spacial score (nSPS) is 12.7. The van der Waals surface area contributed by atoms with Crippen molar-refractivity contribution < 1.29 is 9.15 Å². The number of hydrogen-bond acceptors (Lipinski definition) is 3. The summed E-state index contributed by atoms with van der Waals surface area (Å²) >= 11 is 0. The SMILES string of the molecule is O=c1c2cc3ccccc3oc-2cc2c1Cc1ccccc1O2. The van der Waals surface area contributed by atoms with Gasteiger partial charge in [-0.15, -0.1) is 0 Å². The maximum atomic E-state index is 12.9. The summed E-state index contributed by atoms with van der Waals surface area (Å²) in [5, 5.41) is 0.925. The van der Waals surface area contributed by atoms with Gasteiger partial charge in [0.25, 0.3) is 0 Å². The predicted molar refractivity (Wildman–Crippen MR) is 88.4 cm³/mol. The predicted octanol–water partition coefficient (Wildman–Crippen LogP) is 4.59. The first kappa shape index (κ1) is 12.5. The second-order valence-electron chi connectivity index (χ2n) is 5.76. The standard InChI is InChI=1S/C20H12O3/c21-20-14-9-12-5-1-3-7-16(12)22-18(14)11-19-15(20)10-13-6-2-4-8-17(13)23-19/h1-9,11H,10H2. The first-order valence-corrected chi connectivity index (χ1v) is 7.54. The van der Waals surface area contributed by atoms with Crippen LogP contribution >= 0.6 is 0 Å². The van der Waals surface area contributed by atoms with Gasteiger partial charge in [-0.2, -0.15) is 0 Å². The van der Waals surface area contributed by atoms with Gasteiger partial charge in [0.1, 0.15) is 22.8 Å². The zero-order chi connectivity index (χ0) is 15.4. The lowest BCUT2D eigenvalue weighted by atomic mass is 9.95. The largest absolute Gasteiger partial charge is 0.456 e. The molecule has 110 valence electrons. The maximum Gasteiger partial charge on any atom is 0.196 e. The molecule has 0 N–H and O–H groups in total. The van der Waals surface area contributed by atoms with Crippen molar-refractivity contribution in [2.75, 3.05) is 0 Å². The molecule has 0 atom stereocenters. The van der Waals surface area contributed by atoms with Gasteiger partial charge in [0.05, 0.1) is 5.56 Å². The Hall–Kier alpha value is -3.07. The smallest absolute Gasteiger partial charge is 0.196 e. The van der Waals surface area contributed by atoms with E-state index in [1.807, 2.05) is 60.7 Å². The number of rotatable bonds is 0. The van der Waals surface area contributed by atoms with Crippen molar-refractivity contribution in [3.8, 4) is 22.8 Å². The van der Waals surface area contributed by atoms with Crippen LogP contribution in [0, 0.1) is 0 Å². The fourth-order valence-electron chi connectivity index (χ4n) is 3.17. The molecule has 0 bridgehead atoms. The minimum Gasteiger partial charge on any atom is -0.456 e. The molecule has 2 heterocycles. The molecule has 5 rings (SSSR count). The van der Waals surface area contributed by atoms with E-state index in [1.165, 1.54) is 0 Å². The number of para-hydroxylation sites is 2. The Morgan fingerprint density at radius 2 is 1.70 bits per heavy atom. The average Bonchev–Trinajstić information content (AvgIpc) is 2.59. The van der Waals surface area contributed by atoms with Crippen molar-refractivity contribution in [3.05, 3.63) is 82.0 Å². The zero-order valence-corrected chi connectivity index (χ0v) is 12.2. The van der Waals surface area contributed by atoms with Gasteiger partial charge < -0.3 is 9.15 Å². The van der Waals surface area contributed by atoms with Crippen LogP contribution in [-0.4, -0.2) is 0 Å². The van der Waals surface area contributed by atoms with E-state index in [-0.39, 0.29) is 5.43 Å². The molecule has 0 saturated heterocycles. The van der Waals surface area contributed by atoms with Crippen molar-refractivity contribution in [2.45, 2.75) is 6.42 Å². The van der Waals surface area contributed by atoms with Gasteiger partial charge in [-0.25, -0.2) is 0 Å². The number of ether oxygens (including phenoxy) is 1. The van der Waals surface area contributed by atoms with Gasteiger partial charge in [-0.1, -0.05) is 36.4 Å². The summed E-state index contributed by atoms with van der Waals surface area (Å²) in [7, 11) is 0. The summed E-state index contributed by atoms with van der Waals surface area (Å²) in [6, 6.07) is 19.2. The molecule has 2 aromatic carbocycles. The van der Waals surface area contributed by atoms with Gasteiger partial charge in [-0.3, -0.25) is 4.79 Å². The Morgan fingerprint density at radius 1 is 0.870 bits per heavy atom. The van der Waals surface area contributed by atoms with Crippen molar-refractivity contribution in [1.82, 2.24) is 0 Å². The quantitative estimate of drug-likeness (QED) is 0.392. The van der Waals surface area contributed by atoms with E-state index in [0.29, 0.717) is 29.1 Å². The van der Waals surface area contributed by atoms with E-state index in [2.05, 4.69) is 0 Å². The molecule has 3 nitrogen and oxygen atoms in total. The first-order chi connectivity index (χ1) is 11.3. The topological polar surface area (TPSA) is 39.4 Å². The lowest BCUT2D eigenvalue weighted by molar-refractivity contribution is 0.456. The monoisotopic (exact) mass is 300 g/mol. The molecule has 0 aromatic heterocycles. The lowest BCUT2D eigenvalue weighted by Crippen LogP contribution is -2.17. The maximum absolute atomic E-state index is 12.9. The Balaban J connectivity index is 1.81. The van der Waals surface area contributed by atoms with E-state index in [4.69, 9.17) is 9.15 Å². The van der Waals surface area contributed by atoms with E-state index >= 15 is 0 Å². The second kappa shape index (κ2) is 4.46. The Kier molecular flexibility index (Phi) is 2.42. The highest BCUT2D eigenvalue weighted by Crippen LogP contribution is 2.38. The molecule has 1 aliphatic carbocycles. The summed E-state index contributed by atoms with van der Waals surface area (Å²) in [5.41, 5.74) is 3.08. The van der Waals surface area contributed by atoms with Crippen molar-refractivity contribution in [2.24, 2.45) is 0 Å². The molecule has 0 radical (unpaired) electrons. The lowest BCUT2D eigenvalue weighted by Gasteiger charge is -2.21. The summed E-state index contributed by atoms with van der Waals surface area (Å²) in [6.45, 7) is 0. The molecule has 2 aromatic rings. The van der Waals surface area contributed by atoms with Gasteiger partial charge in [0.15, 0.2) is 5.43 Å². The molecule has 3 heteroatoms. The molecule has 0 fully saturated rings. The van der Waals surface area contributed by atoms with E-state index < -0.39 is 0 Å². The minimum absolute atomic E-state index is 0.0125. The van der Waals surface area contributed by atoms with E-state index in [9.17, 15) is 4.79 Å². The van der Waals surface area contributed by atoms with Crippen LogP contribution in [0.4, 0.5) is 0 Å². The zero-order valence-electron chi connectivity index (χ0n) is 12.2. The van der Waals surface area contributed by atoms with Crippen LogP contribution in [0.5, 0.6) is 11.5 Å². The van der Waals surface area contributed by atoms with Gasteiger partial charge in [-0.05, 0) is 23.8 Å². The summed E-state index contributed by atoms with van der Waals surface area (Å²) in [4.78, 5) is 12.9. The van der Waals surface area contributed by atoms with Crippen LogP contribution in [0.2, 0.25) is 0 Å². The molecule has 3 aliphatic rings. The number of benzene rings is 3. The number of hydrogen-bond donors (Lipinski definition) is 0. The molecule has 0 spiro atoms. The molecule has 0 saturated carbocycles. The average molecular weight is 300 g/mol. The Morgan fingerprint density at radius 3 is 2.65 bits per heavy atom. The van der Waals surface area contributed by atoms with Crippen molar-refractivity contribution in [3.63, 3.8) is 0 Å². The highest BCUT2D eigenvalue weighted by Gasteiger charge is 2.24. The molecule has 0 amide bonds. The third-order valence-electron chi connectivity index (χ3n) is 4.34. The van der Waals surface area contributed by atoms with Crippen LogP contribution in [0.25, 0.3) is 22.3 Å². The molecule has 2 aliphatic heterocycles. The van der Waals surface area contributed by atoms with E-state index in [0.717, 1.165) is 22.3 Å². The van der Waals surface area contributed by atoms with Crippen LogP contribution < -0.4 is 10.2 Å². The van der Waals surface area contributed by atoms with Crippen LogP contribution in [-0.2, 0) is 6.42 Å². The summed E-state index contributed by atoms with van der Waals surface area (Å²) in [6.07, 6.45) is 0.590. The molecule has 0 unspecified atom stereocenters. The van der Waals surface area contributed by atoms with Crippen LogP contribution in [0.1, 0.15) is 11.1 Å². The third-order valence-corrected chi connectivity index (χ3v) is 4.34. The van der Waals surface area contributed by atoms with Gasteiger partial charge in [0, 0.05) is 23.4 Å². The van der Waals surface area contributed by atoms with Gasteiger partial charge >= 0.3 is 0 Å². The van der Waals surface area contributed by atoms with E-state index in [1.54, 1.807) is 0 Å². The fraction of sp³-hybridized carbons (Fsp3) is 0.0500. The number of fused-ring (bicyclic) bond motifs is 4.